The van der Waals surface area contributed by atoms with E-state index in [1.165, 1.54) is 19.2 Å². The van der Waals surface area contributed by atoms with Crippen LogP contribution in [0, 0.1) is 0 Å². The van der Waals surface area contributed by atoms with Crippen molar-refractivity contribution in [2.24, 2.45) is 0 Å². The minimum Gasteiger partial charge on any atom is -0.493 e. The summed E-state index contributed by atoms with van der Waals surface area (Å²) in [5.74, 6) is -0.961. The summed E-state index contributed by atoms with van der Waals surface area (Å²) in [4.78, 5) is 22.5. The van der Waals surface area contributed by atoms with E-state index in [2.05, 4.69) is 5.32 Å². The second-order valence-electron chi connectivity index (χ2n) is 4.53. The number of hydrogen-bond acceptors (Lipinski definition) is 5. The summed E-state index contributed by atoms with van der Waals surface area (Å²) in [7, 11) is 1.41. The molecule has 1 saturated carbocycles. The van der Waals surface area contributed by atoms with Crippen molar-refractivity contribution >= 4 is 17.6 Å². The summed E-state index contributed by atoms with van der Waals surface area (Å²) >= 11 is 0. The van der Waals surface area contributed by atoms with Gasteiger partial charge in [-0.05, 0) is 12.8 Å². The minimum atomic E-state index is -1.17. The van der Waals surface area contributed by atoms with Crippen molar-refractivity contribution in [1.29, 1.82) is 0 Å². The van der Waals surface area contributed by atoms with Gasteiger partial charge in [-0.2, -0.15) is 0 Å². The lowest BCUT2D eigenvalue weighted by Crippen LogP contribution is -2.30. The van der Waals surface area contributed by atoms with E-state index < -0.39 is 5.97 Å². The van der Waals surface area contributed by atoms with Crippen molar-refractivity contribution < 1.29 is 24.2 Å². The van der Waals surface area contributed by atoms with Crippen molar-refractivity contribution in [3.8, 4) is 11.5 Å². The van der Waals surface area contributed by atoms with Gasteiger partial charge in [0.05, 0.1) is 18.4 Å². The number of methoxy groups -OCH3 is 1. The molecule has 108 valence electrons. The fraction of sp³-hybridized carbons (Fsp3) is 0.385. The molecule has 0 aliphatic heterocycles. The van der Waals surface area contributed by atoms with Crippen LogP contribution in [0.4, 0.5) is 5.69 Å². The summed E-state index contributed by atoms with van der Waals surface area (Å²) in [6, 6.07) is 2.85. The van der Waals surface area contributed by atoms with Gasteiger partial charge in [-0.1, -0.05) is 0 Å². The summed E-state index contributed by atoms with van der Waals surface area (Å²) < 4.78 is 10.4. The normalized spacial score (nSPS) is 13.7. The Hall–Kier alpha value is -2.44. The number of benzene rings is 1. The van der Waals surface area contributed by atoms with Gasteiger partial charge >= 0.3 is 5.97 Å². The van der Waals surface area contributed by atoms with Crippen LogP contribution in [0.15, 0.2) is 12.1 Å². The number of ether oxygens (including phenoxy) is 2. The molecular formula is C13H16N2O5. The fourth-order valence-electron chi connectivity index (χ4n) is 1.67. The fourth-order valence-corrected chi connectivity index (χ4v) is 1.67. The highest BCUT2D eigenvalue weighted by molar-refractivity contribution is 5.94. The molecule has 0 aromatic heterocycles. The molecule has 0 heterocycles. The molecule has 1 aliphatic rings. The number of nitrogens with one attached hydrogen (secondary N) is 1. The first-order valence-electron chi connectivity index (χ1n) is 6.14. The van der Waals surface area contributed by atoms with Crippen molar-refractivity contribution in [1.82, 2.24) is 5.32 Å². The number of carboxylic acids is 1. The Morgan fingerprint density at radius 1 is 1.40 bits per heavy atom. The average molecular weight is 280 g/mol. The second kappa shape index (κ2) is 5.68. The molecule has 0 bridgehead atoms. The van der Waals surface area contributed by atoms with Crippen LogP contribution in [0.1, 0.15) is 23.2 Å². The van der Waals surface area contributed by atoms with E-state index in [1.807, 2.05) is 0 Å². The topological polar surface area (TPSA) is 111 Å². The maximum atomic E-state index is 11.5. The van der Waals surface area contributed by atoms with Crippen molar-refractivity contribution in [3.05, 3.63) is 17.7 Å². The SMILES string of the molecule is COc1cc(N)c(C(=O)O)cc1OCC(=O)NC1CC1. The molecule has 7 nitrogen and oxygen atoms in total. The predicted octanol–water partition coefficient (Wildman–Crippen LogP) is 0.633. The van der Waals surface area contributed by atoms with Crippen molar-refractivity contribution in [2.45, 2.75) is 18.9 Å². The number of anilines is 1. The van der Waals surface area contributed by atoms with Crippen LogP contribution >= 0.6 is 0 Å². The highest BCUT2D eigenvalue weighted by Gasteiger charge is 2.23. The molecule has 0 unspecified atom stereocenters. The molecule has 0 atom stereocenters. The molecule has 1 amide bonds. The van der Waals surface area contributed by atoms with E-state index in [9.17, 15) is 9.59 Å². The maximum Gasteiger partial charge on any atom is 0.337 e. The van der Waals surface area contributed by atoms with Gasteiger partial charge in [-0.3, -0.25) is 4.79 Å². The van der Waals surface area contributed by atoms with Crippen LogP contribution in [0.3, 0.4) is 0 Å². The molecule has 2 rings (SSSR count). The summed E-state index contributed by atoms with van der Waals surface area (Å²) in [5.41, 5.74) is 5.58. The molecule has 0 radical (unpaired) electrons. The average Bonchev–Trinajstić information content (AvgIpc) is 3.20. The van der Waals surface area contributed by atoms with Gasteiger partial charge in [-0.15, -0.1) is 0 Å². The molecule has 1 fully saturated rings. The van der Waals surface area contributed by atoms with Gasteiger partial charge in [-0.25, -0.2) is 4.79 Å². The third-order valence-corrected chi connectivity index (χ3v) is 2.87. The summed E-state index contributed by atoms with van der Waals surface area (Å²) in [6.45, 7) is -0.199. The van der Waals surface area contributed by atoms with Crippen LogP contribution in [0.2, 0.25) is 0 Å². The van der Waals surface area contributed by atoms with E-state index in [1.54, 1.807) is 0 Å². The largest absolute Gasteiger partial charge is 0.493 e. The quantitative estimate of drug-likeness (QED) is 0.659. The molecule has 0 saturated heterocycles. The number of nitrogens with two attached hydrogens (primary N) is 1. The Kier molecular flexibility index (Phi) is 3.97. The van der Waals surface area contributed by atoms with Crippen LogP contribution in [0.25, 0.3) is 0 Å². The number of carboxylic acid groups (broad SMARTS) is 1. The van der Waals surface area contributed by atoms with Crippen molar-refractivity contribution in [3.63, 3.8) is 0 Å². The van der Waals surface area contributed by atoms with Gasteiger partial charge in [0.1, 0.15) is 0 Å². The number of amides is 1. The molecular weight excluding hydrogens is 264 g/mol. The lowest BCUT2D eigenvalue weighted by Gasteiger charge is -2.12. The minimum absolute atomic E-state index is 0.0733. The first kappa shape index (κ1) is 14.0. The number of carbonyl (C=O) groups is 2. The first-order chi connectivity index (χ1) is 9.51. The van der Waals surface area contributed by atoms with Gasteiger partial charge in [0.25, 0.3) is 5.91 Å². The van der Waals surface area contributed by atoms with Crippen molar-refractivity contribution in [2.75, 3.05) is 19.5 Å². The molecule has 1 aromatic rings. The summed E-state index contributed by atoms with van der Waals surface area (Å²) in [5, 5.41) is 11.8. The Balaban J connectivity index is 2.09. The summed E-state index contributed by atoms with van der Waals surface area (Å²) in [6.07, 6.45) is 1.97. The number of hydrogen-bond donors (Lipinski definition) is 3. The standard InChI is InChI=1S/C13H16N2O5/c1-19-10-5-9(14)8(13(17)18)4-11(10)20-6-12(16)15-7-2-3-7/h4-5,7H,2-3,6,14H2,1H3,(H,15,16)(H,17,18). The third-order valence-electron chi connectivity index (χ3n) is 2.87. The van der Waals surface area contributed by atoms with Crippen LogP contribution in [-0.2, 0) is 4.79 Å². The smallest absolute Gasteiger partial charge is 0.337 e. The lowest BCUT2D eigenvalue weighted by atomic mass is 10.1. The molecule has 1 aliphatic carbocycles. The van der Waals surface area contributed by atoms with E-state index in [0.717, 1.165) is 12.8 Å². The number of carbonyl (C=O) groups excluding carboxylic acids is 1. The Labute approximate surface area is 115 Å². The van der Waals surface area contributed by atoms with Gasteiger partial charge in [0.2, 0.25) is 0 Å². The monoisotopic (exact) mass is 280 g/mol. The van der Waals surface area contributed by atoms with Gasteiger partial charge in [0.15, 0.2) is 18.1 Å². The van der Waals surface area contributed by atoms with Crippen LogP contribution in [-0.4, -0.2) is 36.7 Å². The Morgan fingerprint density at radius 2 is 2.10 bits per heavy atom. The zero-order valence-electron chi connectivity index (χ0n) is 11.0. The highest BCUT2D eigenvalue weighted by Crippen LogP contribution is 2.32. The molecule has 7 heteroatoms. The lowest BCUT2D eigenvalue weighted by molar-refractivity contribution is -0.123. The number of rotatable bonds is 6. The first-order valence-corrected chi connectivity index (χ1v) is 6.14. The zero-order valence-corrected chi connectivity index (χ0v) is 11.0. The Morgan fingerprint density at radius 3 is 2.65 bits per heavy atom. The molecule has 4 N–H and O–H groups in total. The van der Waals surface area contributed by atoms with E-state index in [0.29, 0.717) is 0 Å². The number of nitrogen functional groups attached to an aromatic ring is 1. The second-order valence-corrected chi connectivity index (χ2v) is 4.53. The number of aromatic carboxylic acids is 1. The maximum absolute atomic E-state index is 11.5. The third kappa shape index (κ3) is 3.31. The van der Waals surface area contributed by atoms with E-state index >= 15 is 0 Å². The highest BCUT2D eigenvalue weighted by atomic mass is 16.5. The molecule has 0 spiro atoms. The molecule has 20 heavy (non-hydrogen) atoms. The van der Waals surface area contributed by atoms with Crippen LogP contribution in [0.5, 0.6) is 11.5 Å². The predicted molar refractivity (Wildman–Crippen MR) is 71.0 cm³/mol. The molecule has 1 aromatic carbocycles. The van der Waals surface area contributed by atoms with Crippen LogP contribution < -0.4 is 20.5 Å². The zero-order chi connectivity index (χ0) is 14.7. The Bertz CT molecular complexity index is 540. The van der Waals surface area contributed by atoms with E-state index in [4.69, 9.17) is 20.3 Å². The van der Waals surface area contributed by atoms with Gasteiger partial charge in [0, 0.05) is 18.2 Å². The van der Waals surface area contributed by atoms with Gasteiger partial charge < -0.3 is 25.6 Å². The van der Waals surface area contributed by atoms with E-state index in [-0.39, 0.29) is 41.3 Å².